The van der Waals surface area contributed by atoms with Crippen molar-refractivity contribution >= 4 is 46.5 Å². The number of carbonyl (C=O) groups is 3. The van der Waals surface area contributed by atoms with Gasteiger partial charge in [0, 0.05) is 29.2 Å². The molecule has 3 rings (SSSR count). The Balaban J connectivity index is 1.62. The molecule has 26 heavy (non-hydrogen) atoms. The molecule has 7 heteroatoms. The zero-order valence-electron chi connectivity index (χ0n) is 13.7. The fourth-order valence-electron chi connectivity index (χ4n) is 2.69. The first-order valence-electron chi connectivity index (χ1n) is 8.01. The van der Waals surface area contributed by atoms with E-state index in [9.17, 15) is 14.4 Å². The van der Waals surface area contributed by atoms with Crippen molar-refractivity contribution in [1.29, 1.82) is 0 Å². The fourth-order valence-corrected chi connectivity index (χ4v) is 3.06. The average molecular weight is 392 g/mol. The number of Topliss-reactive ketones (excluding diaryl/α,β-unsaturated/α-hetero) is 1. The minimum absolute atomic E-state index is 0.0800. The SMILES string of the molecule is O=C(COC(=O)c1cc(Cl)ccc1Cl)c1ccc(N2CCCC2=O)cc1. The van der Waals surface area contributed by atoms with Crippen molar-refractivity contribution in [2.45, 2.75) is 12.8 Å². The van der Waals surface area contributed by atoms with Crippen LogP contribution in [0.3, 0.4) is 0 Å². The maximum Gasteiger partial charge on any atom is 0.340 e. The number of hydrogen-bond acceptors (Lipinski definition) is 4. The van der Waals surface area contributed by atoms with Crippen LogP contribution in [0.1, 0.15) is 33.6 Å². The monoisotopic (exact) mass is 391 g/mol. The Labute approximate surface area is 160 Å². The summed E-state index contributed by atoms with van der Waals surface area (Å²) < 4.78 is 5.03. The van der Waals surface area contributed by atoms with Crippen molar-refractivity contribution < 1.29 is 19.1 Å². The molecule has 2 aromatic carbocycles. The van der Waals surface area contributed by atoms with Gasteiger partial charge in [-0.05, 0) is 48.9 Å². The molecule has 1 saturated heterocycles. The number of nitrogens with zero attached hydrogens (tertiary/aromatic N) is 1. The van der Waals surface area contributed by atoms with Crippen LogP contribution >= 0.6 is 23.2 Å². The fraction of sp³-hybridized carbons (Fsp3) is 0.211. The number of esters is 1. The number of halogens is 2. The molecular weight excluding hydrogens is 377 g/mol. The van der Waals surface area contributed by atoms with Gasteiger partial charge in [0.15, 0.2) is 12.4 Å². The molecule has 0 N–H and O–H groups in total. The molecule has 0 saturated carbocycles. The van der Waals surface area contributed by atoms with Crippen LogP contribution in [-0.4, -0.2) is 30.8 Å². The van der Waals surface area contributed by atoms with E-state index in [0.29, 0.717) is 23.6 Å². The third-order valence-corrected chi connectivity index (χ3v) is 4.62. The van der Waals surface area contributed by atoms with Gasteiger partial charge >= 0.3 is 5.97 Å². The normalized spacial score (nSPS) is 13.8. The Hall–Kier alpha value is -2.37. The van der Waals surface area contributed by atoms with E-state index >= 15 is 0 Å². The van der Waals surface area contributed by atoms with Crippen molar-refractivity contribution in [2.24, 2.45) is 0 Å². The Morgan fingerprint density at radius 3 is 2.46 bits per heavy atom. The average Bonchev–Trinajstić information content (AvgIpc) is 3.07. The maximum atomic E-state index is 12.2. The first kappa shape index (κ1) is 18.4. The summed E-state index contributed by atoms with van der Waals surface area (Å²) in [5, 5.41) is 0.547. The highest BCUT2D eigenvalue weighted by molar-refractivity contribution is 6.35. The Morgan fingerprint density at radius 1 is 1.08 bits per heavy atom. The molecule has 0 aromatic heterocycles. The van der Waals surface area contributed by atoms with Gasteiger partial charge in [-0.2, -0.15) is 0 Å². The Bertz CT molecular complexity index is 864. The molecule has 5 nitrogen and oxygen atoms in total. The predicted molar refractivity (Wildman–Crippen MR) is 99.1 cm³/mol. The molecule has 1 heterocycles. The molecule has 0 radical (unpaired) electrons. The van der Waals surface area contributed by atoms with E-state index in [1.807, 2.05) is 0 Å². The van der Waals surface area contributed by atoms with E-state index in [4.69, 9.17) is 27.9 Å². The van der Waals surface area contributed by atoms with Crippen molar-refractivity contribution in [3.8, 4) is 0 Å². The molecule has 0 bridgehead atoms. The summed E-state index contributed by atoms with van der Waals surface area (Å²) in [6.07, 6.45) is 1.38. The van der Waals surface area contributed by atoms with E-state index in [1.165, 1.54) is 12.1 Å². The molecule has 2 aromatic rings. The van der Waals surface area contributed by atoms with Crippen LogP contribution in [0.2, 0.25) is 10.0 Å². The van der Waals surface area contributed by atoms with Crippen LogP contribution in [0.25, 0.3) is 0 Å². The quantitative estimate of drug-likeness (QED) is 0.566. The van der Waals surface area contributed by atoms with E-state index in [0.717, 1.165) is 12.1 Å². The number of ketones is 1. The van der Waals surface area contributed by atoms with Crippen LogP contribution in [0.15, 0.2) is 42.5 Å². The molecule has 1 aliphatic heterocycles. The summed E-state index contributed by atoms with van der Waals surface area (Å²) in [5.41, 5.74) is 1.26. The topological polar surface area (TPSA) is 63.7 Å². The van der Waals surface area contributed by atoms with Crippen molar-refractivity contribution in [3.05, 3.63) is 63.6 Å². The third-order valence-electron chi connectivity index (χ3n) is 4.06. The standard InChI is InChI=1S/C19H15Cl2NO4/c20-13-5-8-16(21)15(10-13)19(25)26-11-17(23)12-3-6-14(7-4-12)22-9-1-2-18(22)24/h3-8,10H,1-2,9,11H2. The maximum absolute atomic E-state index is 12.2. The summed E-state index contributed by atoms with van der Waals surface area (Å²) >= 11 is 11.8. The lowest BCUT2D eigenvalue weighted by atomic mass is 10.1. The molecule has 1 amide bonds. The van der Waals surface area contributed by atoms with Gasteiger partial charge in [0.25, 0.3) is 0 Å². The number of hydrogen-bond donors (Lipinski definition) is 0. The molecule has 0 atom stereocenters. The molecule has 134 valence electrons. The van der Waals surface area contributed by atoms with Crippen LogP contribution in [0.5, 0.6) is 0 Å². The highest BCUT2D eigenvalue weighted by Gasteiger charge is 2.22. The number of benzene rings is 2. The van der Waals surface area contributed by atoms with Crippen molar-refractivity contribution in [3.63, 3.8) is 0 Å². The first-order valence-corrected chi connectivity index (χ1v) is 8.77. The van der Waals surface area contributed by atoms with Gasteiger partial charge < -0.3 is 9.64 Å². The highest BCUT2D eigenvalue weighted by atomic mass is 35.5. The molecule has 0 unspecified atom stereocenters. The molecule has 0 aliphatic carbocycles. The second-order valence-corrected chi connectivity index (χ2v) is 6.66. The predicted octanol–water partition coefficient (Wildman–Crippen LogP) is 4.16. The van der Waals surface area contributed by atoms with E-state index in [-0.39, 0.29) is 22.3 Å². The molecule has 0 spiro atoms. The van der Waals surface area contributed by atoms with Crippen LogP contribution in [0.4, 0.5) is 5.69 Å². The summed E-state index contributed by atoms with van der Waals surface area (Å²) in [7, 11) is 0. The van der Waals surface area contributed by atoms with Crippen LogP contribution < -0.4 is 4.90 Å². The summed E-state index contributed by atoms with van der Waals surface area (Å²) in [6.45, 7) is 0.272. The smallest absolute Gasteiger partial charge is 0.340 e. The lowest BCUT2D eigenvalue weighted by Crippen LogP contribution is -2.23. The van der Waals surface area contributed by atoms with Crippen molar-refractivity contribution in [1.82, 2.24) is 0 Å². The minimum atomic E-state index is -0.717. The summed E-state index contributed by atoms with van der Waals surface area (Å²) in [6, 6.07) is 11.1. The number of carbonyl (C=O) groups excluding carboxylic acids is 3. The number of amides is 1. The highest BCUT2D eigenvalue weighted by Crippen LogP contribution is 2.23. The lowest BCUT2D eigenvalue weighted by molar-refractivity contribution is -0.117. The van der Waals surface area contributed by atoms with Gasteiger partial charge in [0.05, 0.1) is 10.6 Å². The van der Waals surface area contributed by atoms with Gasteiger partial charge in [-0.1, -0.05) is 23.2 Å². The number of ether oxygens (including phenoxy) is 1. The lowest BCUT2D eigenvalue weighted by Gasteiger charge is -2.15. The van der Waals surface area contributed by atoms with E-state index < -0.39 is 12.6 Å². The minimum Gasteiger partial charge on any atom is -0.454 e. The van der Waals surface area contributed by atoms with E-state index in [2.05, 4.69) is 0 Å². The second-order valence-electron chi connectivity index (χ2n) is 5.82. The Kier molecular flexibility index (Phi) is 5.59. The summed E-state index contributed by atoms with van der Waals surface area (Å²) in [5.74, 6) is -0.989. The van der Waals surface area contributed by atoms with Crippen LogP contribution in [-0.2, 0) is 9.53 Å². The Morgan fingerprint density at radius 2 is 1.81 bits per heavy atom. The first-order chi connectivity index (χ1) is 12.5. The third kappa shape index (κ3) is 4.06. The summed E-state index contributed by atoms with van der Waals surface area (Å²) in [4.78, 5) is 37.7. The zero-order chi connectivity index (χ0) is 18.7. The van der Waals surface area contributed by atoms with Gasteiger partial charge in [-0.3, -0.25) is 9.59 Å². The number of anilines is 1. The van der Waals surface area contributed by atoms with Gasteiger partial charge in [0.1, 0.15) is 0 Å². The largest absolute Gasteiger partial charge is 0.454 e. The zero-order valence-corrected chi connectivity index (χ0v) is 15.2. The number of rotatable bonds is 5. The van der Waals surface area contributed by atoms with Gasteiger partial charge in [0.2, 0.25) is 5.91 Å². The molecular formula is C19H15Cl2NO4. The second kappa shape index (κ2) is 7.89. The van der Waals surface area contributed by atoms with Gasteiger partial charge in [-0.15, -0.1) is 0 Å². The van der Waals surface area contributed by atoms with E-state index in [1.54, 1.807) is 35.2 Å². The van der Waals surface area contributed by atoms with Crippen molar-refractivity contribution in [2.75, 3.05) is 18.1 Å². The van der Waals surface area contributed by atoms with Crippen LogP contribution in [0, 0.1) is 0 Å². The molecule has 1 aliphatic rings. The molecule has 1 fully saturated rings. The van der Waals surface area contributed by atoms with Gasteiger partial charge in [-0.25, -0.2) is 4.79 Å².